The van der Waals surface area contributed by atoms with Gasteiger partial charge in [-0.25, -0.2) is 4.79 Å². The van der Waals surface area contributed by atoms with E-state index in [4.69, 9.17) is 4.74 Å². The number of carboxylic acid groups (broad SMARTS) is 1. The molecule has 0 atom stereocenters. The van der Waals surface area contributed by atoms with Crippen LogP contribution in [0.4, 0.5) is 0 Å². The van der Waals surface area contributed by atoms with Gasteiger partial charge in [-0.2, -0.15) is 5.10 Å². The first-order valence-electron chi connectivity index (χ1n) is 4.92. The van der Waals surface area contributed by atoms with Gasteiger partial charge >= 0.3 is 5.97 Å². The Morgan fingerprint density at radius 3 is 2.59 bits per heavy atom. The number of aromatic carboxylic acids is 1. The minimum atomic E-state index is -1.09. The van der Waals surface area contributed by atoms with E-state index in [2.05, 4.69) is 10.2 Å². The Labute approximate surface area is 97.7 Å². The molecular formula is C12H10N2O3. The van der Waals surface area contributed by atoms with E-state index in [9.17, 15) is 9.90 Å². The van der Waals surface area contributed by atoms with E-state index in [-0.39, 0.29) is 11.4 Å². The zero-order valence-electron chi connectivity index (χ0n) is 9.12. The number of methoxy groups -OCH3 is 1. The van der Waals surface area contributed by atoms with Crippen LogP contribution in [0.15, 0.2) is 36.5 Å². The second-order valence-electron chi connectivity index (χ2n) is 3.31. The van der Waals surface area contributed by atoms with Crippen molar-refractivity contribution in [2.45, 2.75) is 0 Å². The number of ether oxygens (including phenoxy) is 1. The summed E-state index contributed by atoms with van der Waals surface area (Å²) in [6, 6.07) is 9.13. The number of hydrogen-bond acceptors (Lipinski definition) is 4. The summed E-state index contributed by atoms with van der Waals surface area (Å²) in [7, 11) is 1.37. The van der Waals surface area contributed by atoms with Crippen LogP contribution < -0.4 is 4.74 Å². The molecule has 86 valence electrons. The van der Waals surface area contributed by atoms with Crippen LogP contribution in [0, 0.1) is 0 Å². The van der Waals surface area contributed by atoms with Crippen LogP contribution in [0.2, 0.25) is 0 Å². The van der Waals surface area contributed by atoms with Crippen molar-refractivity contribution in [2.75, 3.05) is 7.11 Å². The van der Waals surface area contributed by atoms with Gasteiger partial charge in [0.25, 0.3) is 0 Å². The quantitative estimate of drug-likeness (QED) is 0.871. The van der Waals surface area contributed by atoms with E-state index in [0.29, 0.717) is 5.56 Å². The molecule has 0 amide bonds. The van der Waals surface area contributed by atoms with Gasteiger partial charge in [0.1, 0.15) is 5.56 Å². The minimum Gasteiger partial charge on any atom is -0.479 e. The van der Waals surface area contributed by atoms with E-state index in [1.807, 2.05) is 30.3 Å². The maximum Gasteiger partial charge on any atom is 0.341 e. The first-order chi connectivity index (χ1) is 8.24. The Balaban J connectivity index is 2.66. The lowest BCUT2D eigenvalue weighted by atomic mass is 10.0. The molecule has 0 radical (unpaired) electrons. The first-order valence-corrected chi connectivity index (χ1v) is 4.92. The number of nitrogens with zero attached hydrogens (tertiary/aromatic N) is 2. The third-order valence-corrected chi connectivity index (χ3v) is 2.31. The molecule has 0 spiro atoms. The molecule has 0 aliphatic heterocycles. The zero-order chi connectivity index (χ0) is 12.3. The van der Waals surface area contributed by atoms with Crippen molar-refractivity contribution in [2.24, 2.45) is 0 Å². The smallest absolute Gasteiger partial charge is 0.341 e. The zero-order valence-corrected chi connectivity index (χ0v) is 9.12. The Morgan fingerprint density at radius 1 is 1.29 bits per heavy atom. The van der Waals surface area contributed by atoms with E-state index in [0.717, 1.165) is 5.56 Å². The molecule has 0 fully saturated rings. The molecular weight excluding hydrogens is 220 g/mol. The summed E-state index contributed by atoms with van der Waals surface area (Å²) in [5.41, 5.74) is 1.27. The Hall–Kier alpha value is -2.43. The van der Waals surface area contributed by atoms with Gasteiger partial charge in [0.05, 0.1) is 13.3 Å². The van der Waals surface area contributed by atoms with Crippen LogP contribution in [0.5, 0.6) is 5.88 Å². The largest absolute Gasteiger partial charge is 0.479 e. The van der Waals surface area contributed by atoms with Gasteiger partial charge in [-0.15, -0.1) is 5.10 Å². The van der Waals surface area contributed by atoms with Crippen LogP contribution in [-0.4, -0.2) is 28.4 Å². The van der Waals surface area contributed by atoms with Crippen molar-refractivity contribution in [3.8, 4) is 17.0 Å². The number of carbonyl (C=O) groups is 1. The molecule has 0 aliphatic rings. The second kappa shape index (κ2) is 4.61. The van der Waals surface area contributed by atoms with Gasteiger partial charge in [0, 0.05) is 5.56 Å². The molecule has 2 aromatic rings. The topological polar surface area (TPSA) is 72.3 Å². The Morgan fingerprint density at radius 2 is 2.00 bits per heavy atom. The molecule has 2 rings (SSSR count). The fourth-order valence-corrected chi connectivity index (χ4v) is 1.55. The lowest BCUT2D eigenvalue weighted by molar-refractivity contribution is 0.0693. The minimum absolute atomic E-state index is 0.0128. The summed E-state index contributed by atoms with van der Waals surface area (Å²) >= 11 is 0. The number of aromatic nitrogens is 2. The van der Waals surface area contributed by atoms with Gasteiger partial charge in [-0.1, -0.05) is 30.3 Å². The average molecular weight is 230 g/mol. The van der Waals surface area contributed by atoms with Gasteiger partial charge in [-0.3, -0.25) is 0 Å². The summed E-state index contributed by atoms with van der Waals surface area (Å²) in [6.45, 7) is 0. The number of hydrogen-bond donors (Lipinski definition) is 1. The highest BCUT2D eigenvalue weighted by Gasteiger charge is 2.19. The molecule has 0 aliphatic carbocycles. The van der Waals surface area contributed by atoms with Crippen LogP contribution >= 0.6 is 0 Å². The molecule has 1 N–H and O–H groups in total. The Kier molecular flexibility index (Phi) is 3.00. The number of carboxylic acids is 1. The molecule has 1 aromatic carbocycles. The van der Waals surface area contributed by atoms with Gasteiger partial charge in [-0.05, 0) is 5.56 Å². The van der Waals surface area contributed by atoms with Crippen LogP contribution in [0.3, 0.4) is 0 Å². The molecule has 0 saturated carbocycles. The lowest BCUT2D eigenvalue weighted by Gasteiger charge is -2.08. The Bertz CT molecular complexity index is 541. The predicted molar refractivity (Wildman–Crippen MR) is 61.0 cm³/mol. The maximum absolute atomic E-state index is 11.2. The van der Waals surface area contributed by atoms with Gasteiger partial charge < -0.3 is 9.84 Å². The molecule has 0 bridgehead atoms. The van der Waals surface area contributed by atoms with Crippen molar-refractivity contribution in [1.29, 1.82) is 0 Å². The maximum atomic E-state index is 11.2. The van der Waals surface area contributed by atoms with Crippen LogP contribution in [-0.2, 0) is 0 Å². The fourth-order valence-electron chi connectivity index (χ4n) is 1.55. The first kappa shape index (κ1) is 11.1. The highest BCUT2D eigenvalue weighted by atomic mass is 16.5. The van der Waals surface area contributed by atoms with Crippen LogP contribution in [0.25, 0.3) is 11.1 Å². The van der Waals surface area contributed by atoms with Crippen molar-refractivity contribution in [3.63, 3.8) is 0 Å². The second-order valence-corrected chi connectivity index (χ2v) is 3.31. The van der Waals surface area contributed by atoms with E-state index in [1.54, 1.807) is 0 Å². The highest BCUT2D eigenvalue weighted by Crippen LogP contribution is 2.27. The molecule has 0 saturated heterocycles. The predicted octanol–water partition coefficient (Wildman–Crippen LogP) is 1.85. The molecule has 1 heterocycles. The summed E-state index contributed by atoms with van der Waals surface area (Å²) in [6.07, 6.45) is 1.42. The summed E-state index contributed by atoms with van der Waals surface area (Å²) < 4.78 is 4.91. The van der Waals surface area contributed by atoms with Crippen LogP contribution in [0.1, 0.15) is 10.4 Å². The standard InChI is InChI=1S/C12H10N2O3/c1-17-11-10(12(15)16)9(7-13-14-11)8-5-3-2-4-6-8/h2-7H,1H3,(H,15,16). The third-order valence-electron chi connectivity index (χ3n) is 2.31. The van der Waals surface area contributed by atoms with Gasteiger partial charge in [0.15, 0.2) is 0 Å². The summed E-state index contributed by atoms with van der Waals surface area (Å²) in [4.78, 5) is 11.2. The van der Waals surface area contributed by atoms with E-state index in [1.165, 1.54) is 13.3 Å². The van der Waals surface area contributed by atoms with Crippen molar-refractivity contribution >= 4 is 5.97 Å². The fraction of sp³-hybridized carbons (Fsp3) is 0.0833. The normalized spacial score (nSPS) is 9.94. The number of benzene rings is 1. The SMILES string of the molecule is COc1nncc(-c2ccccc2)c1C(=O)O. The van der Waals surface area contributed by atoms with Crippen molar-refractivity contribution < 1.29 is 14.6 Å². The van der Waals surface area contributed by atoms with E-state index >= 15 is 0 Å². The average Bonchev–Trinajstić information content (AvgIpc) is 2.38. The summed E-state index contributed by atoms with van der Waals surface area (Å²) in [5.74, 6) is -1.07. The van der Waals surface area contributed by atoms with Crippen molar-refractivity contribution in [3.05, 3.63) is 42.1 Å². The van der Waals surface area contributed by atoms with Crippen molar-refractivity contribution in [1.82, 2.24) is 10.2 Å². The van der Waals surface area contributed by atoms with Gasteiger partial charge in [0.2, 0.25) is 5.88 Å². The molecule has 0 unspecified atom stereocenters. The monoisotopic (exact) mass is 230 g/mol. The molecule has 1 aromatic heterocycles. The summed E-state index contributed by atoms with van der Waals surface area (Å²) in [5, 5.41) is 16.6. The molecule has 5 heteroatoms. The highest BCUT2D eigenvalue weighted by molar-refractivity contribution is 5.97. The lowest BCUT2D eigenvalue weighted by Crippen LogP contribution is -2.06. The number of rotatable bonds is 3. The third kappa shape index (κ3) is 2.08. The van der Waals surface area contributed by atoms with E-state index < -0.39 is 5.97 Å². The molecule has 17 heavy (non-hydrogen) atoms. The molecule has 5 nitrogen and oxygen atoms in total.